The summed E-state index contributed by atoms with van der Waals surface area (Å²) in [6.07, 6.45) is 2.01. The fraction of sp³-hybridized carbons (Fsp3) is 0.357. The zero-order chi connectivity index (χ0) is 15.1. The van der Waals surface area contributed by atoms with Gasteiger partial charge in [-0.2, -0.15) is 0 Å². The largest absolute Gasteiger partial charge is 0.295 e. The topological polar surface area (TPSA) is 59.8 Å². The van der Waals surface area contributed by atoms with E-state index in [1.807, 2.05) is 30.3 Å². The molecule has 0 aliphatic heterocycles. The molecule has 2 aromatic rings. The van der Waals surface area contributed by atoms with E-state index in [1.54, 1.807) is 17.8 Å². The number of hydrogen-bond acceptors (Lipinski definition) is 3. The minimum Gasteiger partial charge on any atom is -0.295 e. The number of nitrogens with one attached hydrogen (secondary N) is 1. The smallest absolute Gasteiger partial charge is 0.235 e. The number of carbonyl (C=O) groups excluding carboxylic acids is 1. The zero-order valence-electron chi connectivity index (χ0n) is 11.4. The Hall–Kier alpha value is -1.59. The third-order valence-electron chi connectivity index (χ3n) is 3.80. The quantitative estimate of drug-likeness (QED) is 0.880. The summed E-state index contributed by atoms with van der Waals surface area (Å²) < 4.78 is 0.768. The second-order valence-electron chi connectivity index (χ2n) is 5.44. The van der Waals surface area contributed by atoms with Crippen molar-refractivity contribution in [3.05, 3.63) is 42.2 Å². The van der Waals surface area contributed by atoms with Crippen molar-refractivity contribution in [1.29, 1.82) is 0 Å². The van der Waals surface area contributed by atoms with Gasteiger partial charge in [-0.15, -0.1) is 33.4 Å². The molecule has 1 fully saturated rings. The van der Waals surface area contributed by atoms with Gasteiger partial charge in [0.1, 0.15) is 10.7 Å². The monoisotopic (exact) mass is 324 g/mol. The molecule has 1 N–H and O–H groups in total. The Balaban J connectivity index is 1.73. The molecule has 110 valence electrons. The number of carbonyl (C=O) groups is 1. The van der Waals surface area contributed by atoms with Crippen LogP contribution in [0.15, 0.2) is 36.7 Å². The first kappa shape index (κ1) is 14.4. The van der Waals surface area contributed by atoms with Crippen molar-refractivity contribution < 1.29 is 4.79 Å². The lowest BCUT2D eigenvalue weighted by molar-refractivity contribution is -0.120. The molecule has 7 heteroatoms. The van der Waals surface area contributed by atoms with Crippen LogP contribution in [-0.2, 0) is 11.3 Å². The maximum Gasteiger partial charge on any atom is 0.235 e. The number of benzene rings is 1. The highest BCUT2D eigenvalue weighted by Crippen LogP contribution is 2.64. The van der Waals surface area contributed by atoms with Gasteiger partial charge in [0.2, 0.25) is 11.9 Å². The molecule has 0 bridgehead atoms. The summed E-state index contributed by atoms with van der Waals surface area (Å²) in [4.78, 5) is 12.3. The number of amides is 1. The Kier molecular flexibility index (Phi) is 3.42. The van der Waals surface area contributed by atoms with Crippen LogP contribution in [-0.4, -0.2) is 25.0 Å². The molecule has 1 atom stereocenters. The summed E-state index contributed by atoms with van der Waals surface area (Å²) in [7, 11) is 0. The molecule has 1 aromatic carbocycles. The molecule has 5 nitrogen and oxygen atoms in total. The summed E-state index contributed by atoms with van der Waals surface area (Å²) in [5.41, 5.74) is 0.314. The van der Waals surface area contributed by atoms with Crippen LogP contribution in [0.2, 0.25) is 0 Å². The molecule has 1 saturated carbocycles. The zero-order valence-corrected chi connectivity index (χ0v) is 12.9. The Labute approximate surface area is 132 Å². The van der Waals surface area contributed by atoms with Gasteiger partial charge in [-0.3, -0.25) is 14.7 Å². The molecular formula is C14H14Cl2N4O. The molecule has 0 saturated heterocycles. The lowest BCUT2D eigenvalue weighted by Crippen LogP contribution is -2.27. The van der Waals surface area contributed by atoms with Gasteiger partial charge in [0.25, 0.3) is 0 Å². The van der Waals surface area contributed by atoms with E-state index in [9.17, 15) is 4.79 Å². The van der Waals surface area contributed by atoms with Crippen LogP contribution in [0.25, 0.3) is 0 Å². The van der Waals surface area contributed by atoms with Crippen LogP contribution >= 0.6 is 23.2 Å². The van der Waals surface area contributed by atoms with Crippen molar-refractivity contribution in [2.24, 2.45) is 5.41 Å². The summed E-state index contributed by atoms with van der Waals surface area (Å²) in [6.45, 7) is 2.31. The lowest BCUT2D eigenvalue weighted by atomic mass is 10.1. The van der Waals surface area contributed by atoms with Gasteiger partial charge in [-0.25, -0.2) is 0 Å². The number of aromatic nitrogens is 3. The van der Waals surface area contributed by atoms with Crippen molar-refractivity contribution in [3.63, 3.8) is 0 Å². The van der Waals surface area contributed by atoms with Crippen LogP contribution in [0.1, 0.15) is 18.9 Å². The standard InChI is InChI=1S/C14H14Cl2N4O/c1-13(8-14(13,15)16)11(21)18-12-19-17-9-20(12)7-10-5-3-2-4-6-10/h2-6,9H,7-8H2,1H3,(H,18,19,21)/t13-/m0/s1. The molecular weight excluding hydrogens is 311 g/mol. The summed E-state index contributed by atoms with van der Waals surface area (Å²) >= 11 is 12.0. The molecule has 1 aliphatic rings. The molecule has 1 heterocycles. The fourth-order valence-electron chi connectivity index (χ4n) is 2.13. The van der Waals surface area contributed by atoms with Gasteiger partial charge in [-0.1, -0.05) is 30.3 Å². The van der Waals surface area contributed by atoms with E-state index in [-0.39, 0.29) is 5.91 Å². The van der Waals surface area contributed by atoms with Gasteiger partial charge in [0, 0.05) is 0 Å². The Bertz CT molecular complexity index is 671. The number of alkyl halides is 2. The van der Waals surface area contributed by atoms with Crippen LogP contribution < -0.4 is 5.32 Å². The lowest BCUT2D eigenvalue weighted by Gasteiger charge is -2.13. The van der Waals surface area contributed by atoms with Crippen LogP contribution in [0.4, 0.5) is 5.95 Å². The molecule has 0 radical (unpaired) electrons. The van der Waals surface area contributed by atoms with Gasteiger partial charge >= 0.3 is 0 Å². The van der Waals surface area contributed by atoms with Gasteiger partial charge in [0.05, 0.1) is 12.0 Å². The third-order valence-corrected chi connectivity index (χ3v) is 4.90. The highest BCUT2D eigenvalue weighted by atomic mass is 35.5. The Morgan fingerprint density at radius 3 is 2.67 bits per heavy atom. The first-order chi connectivity index (χ1) is 9.92. The Morgan fingerprint density at radius 1 is 1.38 bits per heavy atom. The second kappa shape index (κ2) is 5.00. The van der Waals surface area contributed by atoms with Crippen molar-refractivity contribution in [1.82, 2.24) is 14.8 Å². The maximum absolute atomic E-state index is 12.3. The molecule has 1 aromatic heterocycles. The average molecular weight is 325 g/mol. The average Bonchev–Trinajstić information content (AvgIpc) is 2.78. The normalized spacial score (nSPS) is 22.8. The molecule has 3 rings (SSSR count). The summed E-state index contributed by atoms with van der Waals surface area (Å²) in [6, 6.07) is 9.86. The number of hydrogen-bond donors (Lipinski definition) is 1. The fourth-order valence-corrected chi connectivity index (χ4v) is 2.84. The minimum absolute atomic E-state index is 0.241. The molecule has 21 heavy (non-hydrogen) atoms. The second-order valence-corrected chi connectivity index (χ2v) is 6.92. The summed E-state index contributed by atoms with van der Waals surface area (Å²) in [5, 5.41) is 10.5. The first-order valence-corrected chi connectivity index (χ1v) is 7.29. The maximum atomic E-state index is 12.3. The van der Waals surface area contributed by atoms with Crippen LogP contribution in [0, 0.1) is 5.41 Å². The third kappa shape index (κ3) is 2.63. The first-order valence-electron chi connectivity index (χ1n) is 6.53. The highest BCUT2D eigenvalue weighted by Gasteiger charge is 2.68. The summed E-state index contributed by atoms with van der Waals surface area (Å²) in [5.74, 6) is 0.149. The number of anilines is 1. The molecule has 1 amide bonds. The van der Waals surface area contributed by atoms with Crippen LogP contribution in [0.5, 0.6) is 0 Å². The Morgan fingerprint density at radius 2 is 2.05 bits per heavy atom. The van der Waals surface area contributed by atoms with Crippen molar-refractivity contribution in [3.8, 4) is 0 Å². The van der Waals surface area contributed by atoms with Crippen molar-refractivity contribution in [2.75, 3.05) is 5.32 Å². The molecule has 1 aliphatic carbocycles. The van der Waals surface area contributed by atoms with E-state index in [2.05, 4.69) is 15.5 Å². The number of rotatable bonds is 4. The van der Waals surface area contributed by atoms with E-state index in [0.717, 1.165) is 5.56 Å². The van der Waals surface area contributed by atoms with Crippen molar-refractivity contribution >= 4 is 35.1 Å². The highest BCUT2D eigenvalue weighted by molar-refractivity contribution is 6.53. The SMILES string of the molecule is C[C@@]1(C(=O)Nc2nncn2Cc2ccccc2)CC1(Cl)Cl. The predicted octanol–water partition coefficient (Wildman–Crippen LogP) is 2.85. The van der Waals surface area contributed by atoms with E-state index >= 15 is 0 Å². The van der Waals surface area contributed by atoms with Gasteiger partial charge < -0.3 is 0 Å². The van der Waals surface area contributed by atoms with Crippen molar-refractivity contribution in [2.45, 2.75) is 24.2 Å². The predicted molar refractivity (Wildman–Crippen MR) is 81.4 cm³/mol. The van der Waals surface area contributed by atoms with E-state index in [0.29, 0.717) is 18.9 Å². The number of nitrogens with zero attached hydrogens (tertiary/aromatic N) is 3. The van der Waals surface area contributed by atoms with Gasteiger partial charge in [-0.05, 0) is 18.9 Å². The number of halogens is 2. The van der Waals surface area contributed by atoms with Crippen LogP contribution in [0.3, 0.4) is 0 Å². The van der Waals surface area contributed by atoms with E-state index in [1.165, 1.54) is 0 Å². The van der Waals surface area contributed by atoms with Gasteiger partial charge in [0.15, 0.2) is 0 Å². The molecule has 0 unspecified atom stereocenters. The van der Waals surface area contributed by atoms with E-state index in [4.69, 9.17) is 23.2 Å². The minimum atomic E-state index is -0.999. The molecule has 0 spiro atoms. The van der Waals surface area contributed by atoms with E-state index < -0.39 is 9.75 Å².